The van der Waals surface area contributed by atoms with Gasteiger partial charge in [0.15, 0.2) is 0 Å². The first-order chi connectivity index (χ1) is 18.1. The molecule has 2 aromatic rings. The third-order valence-electron chi connectivity index (χ3n) is 7.26. The second-order valence-corrected chi connectivity index (χ2v) is 10.9. The van der Waals surface area contributed by atoms with Gasteiger partial charge in [0.05, 0.1) is 13.0 Å². The lowest BCUT2D eigenvalue weighted by Gasteiger charge is -2.43. The summed E-state index contributed by atoms with van der Waals surface area (Å²) < 4.78 is 26.4. The number of hydrogen-bond donors (Lipinski definition) is 1. The summed E-state index contributed by atoms with van der Waals surface area (Å²) in [5, 5.41) is 3.66. The van der Waals surface area contributed by atoms with Crippen molar-refractivity contribution in [3.05, 3.63) is 63.9 Å². The fourth-order valence-electron chi connectivity index (χ4n) is 5.35. The van der Waals surface area contributed by atoms with Crippen LogP contribution in [0, 0.1) is 19.7 Å². The summed E-state index contributed by atoms with van der Waals surface area (Å²) in [5.41, 5.74) is 1.85. The summed E-state index contributed by atoms with van der Waals surface area (Å²) in [6.45, 7) is 8.90. The van der Waals surface area contributed by atoms with E-state index in [9.17, 15) is 14.0 Å². The number of likely N-dealkylation sites (tertiary alicyclic amines) is 1. The molecule has 0 radical (unpaired) electrons. The predicted molar refractivity (Wildman–Crippen MR) is 145 cm³/mol. The SMILES string of the molecule is CC(=O)NC1CCN(C(=O)C[C@@]2(COc3cc(C)c(Cl)c(C)c3)CN(Cc3cccc(F)c3)CCO2)CC1. The minimum absolute atomic E-state index is 0.00551. The third-order valence-corrected chi connectivity index (χ3v) is 7.86. The van der Waals surface area contributed by atoms with Gasteiger partial charge in [0.1, 0.15) is 23.8 Å². The highest BCUT2D eigenvalue weighted by atomic mass is 35.5. The van der Waals surface area contributed by atoms with Crippen LogP contribution >= 0.6 is 11.6 Å². The minimum Gasteiger partial charge on any atom is -0.490 e. The van der Waals surface area contributed by atoms with Crippen molar-refractivity contribution in [2.24, 2.45) is 0 Å². The monoisotopic (exact) mass is 545 g/mol. The Morgan fingerprint density at radius 3 is 2.53 bits per heavy atom. The minimum atomic E-state index is -0.863. The van der Waals surface area contributed by atoms with E-state index in [0.29, 0.717) is 50.1 Å². The van der Waals surface area contributed by atoms with Crippen LogP contribution in [0.4, 0.5) is 4.39 Å². The van der Waals surface area contributed by atoms with E-state index in [1.54, 1.807) is 6.07 Å². The number of ether oxygens (including phenoxy) is 2. The molecule has 2 heterocycles. The van der Waals surface area contributed by atoms with Crippen LogP contribution in [0.1, 0.15) is 42.9 Å². The Hall–Kier alpha value is -2.68. The number of morpholine rings is 1. The normalized spacial score (nSPS) is 20.8. The molecule has 2 amide bonds. The lowest BCUT2D eigenvalue weighted by atomic mass is 9.95. The number of rotatable bonds is 8. The molecule has 0 unspecified atom stereocenters. The quantitative estimate of drug-likeness (QED) is 0.536. The number of halogens is 2. The number of piperidine rings is 1. The second kappa shape index (κ2) is 12.5. The molecular formula is C29H37ClFN3O4. The Kier molecular flexibility index (Phi) is 9.28. The van der Waals surface area contributed by atoms with Gasteiger partial charge in [-0.25, -0.2) is 4.39 Å². The number of carbonyl (C=O) groups is 2. The van der Waals surface area contributed by atoms with Crippen LogP contribution in [-0.2, 0) is 20.9 Å². The number of hydrogen-bond acceptors (Lipinski definition) is 5. The number of amides is 2. The first-order valence-corrected chi connectivity index (χ1v) is 13.6. The number of nitrogens with zero attached hydrogens (tertiary/aromatic N) is 2. The molecule has 2 fully saturated rings. The Labute approximate surface area is 229 Å². The Morgan fingerprint density at radius 1 is 1.16 bits per heavy atom. The van der Waals surface area contributed by atoms with E-state index in [1.165, 1.54) is 19.1 Å². The van der Waals surface area contributed by atoms with Crippen LogP contribution in [0.5, 0.6) is 5.75 Å². The molecule has 4 rings (SSSR count). The Morgan fingerprint density at radius 2 is 1.87 bits per heavy atom. The molecule has 2 aliphatic rings. The number of aryl methyl sites for hydroxylation is 2. The van der Waals surface area contributed by atoms with E-state index in [4.69, 9.17) is 21.1 Å². The summed E-state index contributed by atoms with van der Waals surface area (Å²) in [6, 6.07) is 10.5. The summed E-state index contributed by atoms with van der Waals surface area (Å²) in [4.78, 5) is 28.9. The summed E-state index contributed by atoms with van der Waals surface area (Å²) in [6.07, 6.45) is 1.62. The van der Waals surface area contributed by atoms with Crippen molar-refractivity contribution in [1.29, 1.82) is 0 Å². The maximum absolute atomic E-state index is 13.8. The molecule has 0 aromatic heterocycles. The zero-order valence-electron chi connectivity index (χ0n) is 22.4. The molecule has 0 saturated carbocycles. The molecule has 206 valence electrons. The largest absolute Gasteiger partial charge is 0.490 e. The van der Waals surface area contributed by atoms with E-state index < -0.39 is 5.60 Å². The van der Waals surface area contributed by atoms with Gasteiger partial charge in [-0.3, -0.25) is 14.5 Å². The molecule has 2 saturated heterocycles. The van der Waals surface area contributed by atoms with Crippen molar-refractivity contribution in [3.63, 3.8) is 0 Å². The van der Waals surface area contributed by atoms with E-state index >= 15 is 0 Å². The van der Waals surface area contributed by atoms with Crippen molar-refractivity contribution in [2.75, 3.05) is 39.4 Å². The molecule has 2 aromatic carbocycles. The average Bonchev–Trinajstić information content (AvgIpc) is 2.86. The molecule has 7 nitrogen and oxygen atoms in total. The average molecular weight is 546 g/mol. The van der Waals surface area contributed by atoms with Gasteiger partial charge < -0.3 is 19.7 Å². The molecule has 1 atom stereocenters. The van der Waals surface area contributed by atoms with Gasteiger partial charge in [-0.15, -0.1) is 0 Å². The molecule has 2 aliphatic heterocycles. The predicted octanol–water partition coefficient (Wildman–Crippen LogP) is 4.26. The fourth-order valence-corrected chi connectivity index (χ4v) is 5.46. The maximum Gasteiger partial charge on any atom is 0.225 e. The van der Waals surface area contributed by atoms with Gasteiger partial charge in [-0.05, 0) is 67.6 Å². The summed E-state index contributed by atoms with van der Waals surface area (Å²) >= 11 is 6.34. The smallest absolute Gasteiger partial charge is 0.225 e. The van der Waals surface area contributed by atoms with Crippen LogP contribution in [-0.4, -0.2) is 72.6 Å². The van der Waals surface area contributed by atoms with Gasteiger partial charge >= 0.3 is 0 Å². The molecule has 38 heavy (non-hydrogen) atoms. The highest BCUT2D eigenvalue weighted by Crippen LogP contribution is 2.30. The van der Waals surface area contributed by atoms with Crippen molar-refractivity contribution in [2.45, 2.75) is 58.2 Å². The van der Waals surface area contributed by atoms with Crippen LogP contribution in [0.25, 0.3) is 0 Å². The van der Waals surface area contributed by atoms with Gasteiger partial charge in [-0.1, -0.05) is 23.7 Å². The summed E-state index contributed by atoms with van der Waals surface area (Å²) in [5.74, 6) is 0.369. The van der Waals surface area contributed by atoms with E-state index in [0.717, 1.165) is 29.5 Å². The standard InChI is InChI=1S/C29H37ClFN3O4/c1-20-13-26(14-21(2)28(20)30)37-19-29(16-27(36)34-9-7-25(8-10-34)32-22(3)35)18-33(11-12-38-29)17-23-5-4-6-24(31)15-23/h4-6,13-15,25H,7-12,16-19H2,1-3H3,(H,32,35)/t29-/m0/s1. The highest BCUT2D eigenvalue weighted by Gasteiger charge is 2.41. The highest BCUT2D eigenvalue weighted by molar-refractivity contribution is 6.32. The van der Waals surface area contributed by atoms with Gasteiger partial charge in [0, 0.05) is 50.7 Å². The van der Waals surface area contributed by atoms with E-state index in [2.05, 4.69) is 10.2 Å². The lowest BCUT2D eigenvalue weighted by molar-refractivity contribution is -0.157. The first kappa shape index (κ1) is 28.3. The van der Waals surface area contributed by atoms with Crippen LogP contribution < -0.4 is 10.1 Å². The van der Waals surface area contributed by atoms with Gasteiger partial charge in [-0.2, -0.15) is 0 Å². The molecule has 0 spiro atoms. The topological polar surface area (TPSA) is 71.1 Å². The third kappa shape index (κ3) is 7.46. The van der Waals surface area contributed by atoms with Crippen LogP contribution in [0.15, 0.2) is 36.4 Å². The van der Waals surface area contributed by atoms with E-state index in [-0.39, 0.29) is 36.7 Å². The van der Waals surface area contributed by atoms with Crippen molar-refractivity contribution < 1.29 is 23.5 Å². The zero-order chi connectivity index (χ0) is 27.3. The molecule has 0 bridgehead atoms. The zero-order valence-corrected chi connectivity index (χ0v) is 23.2. The maximum atomic E-state index is 13.8. The van der Waals surface area contributed by atoms with Crippen molar-refractivity contribution >= 4 is 23.4 Å². The van der Waals surface area contributed by atoms with Crippen LogP contribution in [0.3, 0.4) is 0 Å². The van der Waals surface area contributed by atoms with Crippen molar-refractivity contribution in [1.82, 2.24) is 15.1 Å². The molecular weight excluding hydrogens is 509 g/mol. The Bertz CT molecular complexity index is 1130. The number of benzene rings is 2. The van der Waals surface area contributed by atoms with Crippen LogP contribution in [0.2, 0.25) is 5.02 Å². The Balaban J connectivity index is 1.48. The van der Waals surface area contributed by atoms with Gasteiger partial charge in [0.2, 0.25) is 11.8 Å². The second-order valence-electron chi connectivity index (χ2n) is 10.6. The number of carbonyl (C=O) groups excluding carboxylic acids is 2. The molecule has 0 aliphatic carbocycles. The van der Waals surface area contributed by atoms with Gasteiger partial charge in [0.25, 0.3) is 0 Å². The molecule has 9 heteroatoms. The fraction of sp³-hybridized carbons (Fsp3) is 0.517. The lowest BCUT2D eigenvalue weighted by Crippen LogP contribution is -2.57. The summed E-state index contributed by atoms with van der Waals surface area (Å²) in [7, 11) is 0. The van der Waals surface area contributed by atoms with E-state index in [1.807, 2.05) is 36.9 Å². The first-order valence-electron chi connectivity index (χ1n) is 13.2. The van der Waals surface area contributed by atoms with Crippen molar-refractivity contribution in [3.8, 4) is 5.75 Å². The number of nitrogens with one attached hydrogen (secondary N) is 1. The molecule has 1 N–H and O–H groups in total.